The van der Waals surface area contributed by atoms with Crippen LogP contribution in [0.2, 0.25) is 0 Å². The number of amides is 1. The van der Waals surface area contributed by atoms with Gasteiger partial charge in [-0.2, -0.15) is 0 Å². The van der Waals surface area contributed by atoms with E-state index in [1.54, 1.807) is 31.7 Å². The average Bonchev–Trinajstić information content (AvgIpc) is 2.29. The van der Waals surface area contributed by atoms with Crippen LogP contribution >= 0.6 is 11.8 Å². The molecule has 0 heterocycles. The summed E-state index contributed by atoms with van der Waals surface area (Å²) in [4.78, 5) is 12.6. The van der Waals surface area contributed by atoms with Crippen molar-refractivity contribution in [1.29, 1.82) is 0 Å². The van der Waals surface area contributed by atoms with Gasteiger partial charge in [0.25, 0.3) is 0 Å². The summed E-state index contributed by atoms with van der Waals surface area (Å²) in [5.74, 6) is 1.04. The number of hydrogen-bond donors (Lipinski definition) is 2. The summed E-state index contributed by atoms with van der Waals surface area (Å²) in [5.41, 5.74) is 6.95. The van der Waals surface area contributed by atoms with Crippen LogP contribution in [0.15, 0.2) is 23.1 Å². The molecular weight excluding hydrogens is 248 g/mol. The van der Waals surface area contributed by atoms with E-state index < -0.39 is 6.09 Å². The number of nitrogen functional groups attached to an aromatic ring is 1. The van der Waals surface area contributed by atoms with Crippen LogP contribution in [0.5, 0.6) is 0 Å². The lowest BCUT2D eigenvalue weighted by atomic mass is 10.3. The molecule has 0 spiro atoms. The van der Waals surface area contributed by atoms with Crippen molar-refractivity contribution in [1.82, 2.24) is 0 Å². The molecule has 0 fully saturated rings. The van der Waals surface area contributed by atoms with Gasteiger partial charge in [-0.15, -0.1) is 11.8 Å². The van der Waals surface area contributed by atoms with E-state index >= 15 is 0 Å². The molecule has 0 aliphatic carbocycles. The maximum Gasteiger partial charge on any atom is 0.411 e. The highest BCUT2D eigenvalue weighted by Gasteiger charge is 2.08. The molecule has 0 atom stereocenters. The zero-order chi connectivity index (χ0) is 13.5. The molecular formula is C13H20N2O2S. The van der Waals surface area contributed by atoms with Crippen molar-refractivity contribution in [3.8, 4) is 0 Å². The van der Waals surface area contributed by atoms with E-state index in [1.807, 2.05) is 12.1 Å². The van der Waals surface area contributed by atoms with Gasteiger partial charge in [0, 0.05) is 4.90 Å². The maximum absolute atomic E-state index is 11.5. The van der Waals surface area contributed by atoms with E-state index in [2.05, 4.69) is 12.2 Å². The minimum absolute atomic E-state index is 0.149. The first-order chi connectivity index (χ1) is 8.52. The van der Waals surface area contributed by atoms with Crippen LogP contribution in [0, 0.1) is 0 Å². The van der Waals surface area contributed by atoms with Crippen LogP contribution in [0.3, 0.4) is 0 Å². The molecule has 100 valence electrons. The summed E-state index contributed by atoms with van der Waals surface area (Å²) < 4.78 is 5.02. The molecule has 0 saturated heterocycles. The quantitative estimate of drug-likeness (QED) is 0.631. The highest BCUT2D eigenvalue weighted by molar-refractivity contribution is 7.99. The minimum atomic E-state index is -0.477. The van der Waals surface area contributed by atoms with Gasteiger partial charge < -0.3 is 10.5 Å². The van der Waals surface area contributed by atoms with Crippen molar-refractivity contribution in [2.24, 2.45) is 0 Å². The topological polar surface area (TPSA) is 64.3 Å². The summed E-state index contributed by atoms with van der Waals surface area (Å²) >= 11 is 1.74. The van der Waals surface area contributed by atoms with Crippen LogP contribution in [0.25, 0.3) is 0 Å². The van der Waals surface area contributed by atoms with E-state index in [-0.39, 0.29) is 6.10 Å². The van der Waals surface area contributed by atoms with Crippen molar-refractivity contribution in [3.05, 3.63) is 18.2 Å². The highest BCUT2D eigenvalue weighted by Crippen LogP contribution is 2.27. The van der Waals surface area contributed by atoms with Gasteiger partial charge in [-0.1, -0.05) is 6.92 Å². The molecule has 3 N–H and O–H groups in total. The number of nitrogens with two attached hydrogens (primary N) is 1. The molecule has 18 heavy (non-hydrogen) atoms. The first-order valence-corrected chi connectivity index (χ1v) is 7.01. The SMILES string of the molecule is CCCSc1ccc(N)c(NC(=O)OC(C)C)c1. The van der Waals surface area contributed by atoms with Crippen LogP contribution < -0.4 is 11.1 Å². The molecule has 0 radical (unpaired) electrons. The van der Waals surface area contributed by atoms with Gasteiger partial charge in [-0.25, -0.2) is 4.79 Å². The van der Waals surface area contributed by atoms with E-state index in [0.29, 0.717) is 11.4 Å². The number of carbonyl (C=O) groups excluding carboxylic acids is 1. The van der Waals surface area contributed by atoms with Gasteiger partial charge in [-0.3, -0.25) is 5.32 Å². The van der Waals surface area contributed by atoms with Crippen molar-refractivity contribution in [3.63, 3.8) is 0 Å². The first kappa shape index (κ1) is 14.7. The van der Waals surface area contributed by atoms with Crippen molar-refractivity contribution >= 4 is 29.2 Å². The molecule has 0 bridgehead atoms. The predicted molar refractivity (Wildman–Crippen MR) is 77.1 cm³/mol. The second-order valence-electron chi connectivity index (χ2n) is 4.18. The van der Waals surface area contributed by atoms with E-state index in [4.69, 9.17) is 10.5 Å². The number of hydrogen-bond acceptors (Lipinski definition) is 4. The van der Waals surface area contributed by atoms with Crippen molar-refractivity contribution < 1.29 is 9.53 Å². The van der Waals surface area contributed by atoms with Gasteiger partial charge in [0.15, 0.2) is 0 Å². The summed E-state index contributed by atoms with van der Waals surface area (Å²) in [6.45, 7) is 5.73. The Bertz CT molecular complexity index is 408. The fourth-order valence-electron chi connectivity index (χ4n) is 1.31. The Balaban J connectivity index is 2.71. The van der Waals surface area contributed by atoms with Gasteiger partial charge in [-0.05, 0) is 44.2 Å². The number of rotatable bonds is 5. The van der Waals surface area contributed by atoms with Crippen LogP contribution in [-0.2, 0) is 4.74 Å². The van der Waals surface area contributed by atoms with Crippen LogP contribution in [0.4, 0.5) is 16.2 Å². The number of ether oxygens (including phenoxy) is 1. The Morgan fingerprint density at radius 3 is 2.83 bits per heavy atom. The zero-order valence-corrected chi connectivity index (χ0v) is 11.8. The zero-order valence-electron chi connectivity index (χ0n) is 11.0. The van der Waals surface area contributed by atoms with E-state index in [9.17, 15) is 4.79 Å². The summed E-state index contributed by atoms with van der Waals surface area (Å²) in [6.07, 6.45) is 0.478. The third-order valence-corrected chi connectivity index (χ3v) is 3.28. The van der Waals surface area contributed by atoms with Gasteiger partial charge in [0.1, 0.15) is 0 Å². The standard InChI is InChI=1S/C13H20N2O2S/c1-4-7-18-10-5-6-11(14)12(8-10)15-13(16)17-9(2)3/h5-6,8-9H,4,7,14H2,1-3H3,(H,15,16). The lowest BCUT2D eigenvalue weighted by molar-refractivity contribution is 0.130. The lowest BCUT2D eigenvalue weighted by Gasteiger charge is -2.12. The molecule has 0 aromatic heterocycles. The Labute approximate surface area is 112 Å². The Morgan fingerprint density at radius 2 is 2.22 bits per heavy atom. The number of benzene rings is 1. The van der Waals surface area contributed by atoms with E-state index in [1.165, 1.54) is 0 Å². The molecule has 0 unspecified atom stereocenters. The fraction of sp³-hybridized carbons (Fsp3) is 0.462. The van der Waals surface area contributed by atoms with Gasteiger partial charge >= 0.3 is 6.09 Å². The van der Waals surface area contributed by atoms with Crippen LogP contribution in [-0.4, -0.2) is 18.0 Å². The molecule has 0 saturated carbocycles. The Kier molecular flexibility index (Phi) is 5.85. The number of carbonyl (C=O) groups is 1. The molecule has 1 rings (SSSR count). The first-order valence-electron chi connectivity index (χ1n) is 6.03. The third kappa shape index (κ3) is 4.87. The molecule has 1 amide bonds. The molecule has 5 heteroatoms. The molecule has 4 nitrogen and oxygen atoms in total. The van der Waals surface area contributed by atoms with Gasteiger partial charge in [0.2, 0.25) is 0 Å². The van der Waals surface area contributed by atoms with Crippen molar-refractivity contribution in [2.75, 3.05) is 16.8 Å². The second kappa shape index (κ2) is 7.16. The Morgan fingerprint density at radius 1 is 1.50 bits per heavy atom. The highest BCUT2D eigenvalue weighted by atomic mass is 32.2. The average molecular weight is 268 g/mol. The molecule has 1 aromatic carbocycles. The number of nitrogens with one attached hydrogen (secondary N) is 1. The molecule has 0 aliphatic rings. The van der Waals surface area contributed by atoms with Crippen LogP contribution in [0.1, 0.15) is 27.2 Å². The lowest BCUT2D eigenvalue weighted by Crippen LogP contribution is -2.18. The summed E-state index contributed by atoms with van der Waals surface area (Å²) in [7, 11) is 0. The number of anilines is 2. The van der Waals surface area contributed by atoms with Crippen molar-refractivity contribution in [2.45, 2.75) is 38.2 Å². The largest absolute Gasteiger partial charge is 0.447 e. The molecule has 0 aliphatic heterocycles. The smallest absolute Gasteiger partial charge is 0.411 e. The second-order valence-corrected chi connectivity index (χ2v) is 5.34. The monoisotopic (exact) mass is 268 g/mol. The normalized spacial score (nSPS) is 10.4. The summed E-state index contributed by atoms with van der Waals surface area (Å²) in [5, 5.41) is 2.66. The minimum Gasteiger partial charge on any atom is -0.447 e. The maximum atomic E-state index is 11.5. The molecule has 1 aromatic rings. The Hall–Kier alpha value is -1.36. The van der Waals surface area contributed by atoms with E-state index in [0.717, 1.165) is 17.1 Å². The fourth-order valence-corrected chi connectivity index (χ4v) is 2.11. The third-order valence-electron chi connectivity index (χ3n) is 2.08. The summed E-state index contributed by atoms with van der Waals surface area (Å²) in [6, 6.07) is 5.62. The predicted octanol–water partition coefficient (Wildman–Crippen LogP) is 3.73. The van der Waals surface area contributed by atoms with Gasteiger partial charge in [0.05, 0.1) is 17.5 Å². The number of thioether (sulfide) groups is 1.